The maximum Gasteiger partial charge on any atom is 0.311 e. The van der Waals surface area contributed by atoms with Crippen LogP contribution in [-0.4, -0.2) is 27.5 Å². The molecule has 0 aliphatic carbocycles. The average Bonchev–Trinajstić information content (AvgIpc) is 2.63. The first-order valence-corrected chi connectivity index (χ1v) is 8.70. The molecule has 0 aliphatic rings. The summed E-state index contributed by atoms with van der Waals surface area (Å²) in [4.78, 5) is 19.1. The number of aromatic nitrogens is 2. The molecule has 0 fully saturated rings. The van der Waals surface area contributed by atoms with Crippen LogP contribution in [0.3, 0.4) is 0 Å². The molecule has 0 spiro atoms. The molecule has 0 radical (unpaired) electrons. The molecule has 0 saturated heterocycles. The lowest BCUT2D eigenvalue weighted by molar-refractivity contribution is -0.385. The molecule has 1 atom stereocenters. The van der Waals surface area contributed by atoms with Gasteiger partial charge in [-0.1, -0.05) is 15.9 Å². The summed E-state index contributed by atoms with van der Waals surface area (Å²) in [6.07, 6.45) is 0.876. The van der Waals surface area contributed by atoms with Gasteiger partial charge in [-0.05, 0) is 25.1 Å². The molecule has 140 valence electrons. The Bertz CT molecular complexity index is 1020. The number of anilines is 2. The van der Waals surface area contributed by atoms with Crippen molar-refractivity contribution in [1.82, 2.24) is 9.97 Å². The molecule has 0 bridgehead atoms. The molecule has 2 aromatic carbocycles. The number of hydrogen-bond donors (Lipinski definition) is 2. The van der Waals surface area contributed by atoms with Gasteiger partial charge in [0.1, 0.15) is 24.1 Å². The zero-order chi connectivity index (χ0) is 19.6. The fourth-order valence-electron chi connectivity index (χ4n) is 2.39. The maximum absolute atomic E-state index is 14.1. The largest absolute Gasteiger partial charge is 0.482 e. The molecule has 10 heteroatoms. The van der Waals surface area contributed by atoms with E-state index in [0.29, 0.717) is 15.4 Å². The molecule has 3 N–H and O–H groups in total. The summed E-state index contributed by atoms with van der Waals surface area (Å²) in [6, 6.07) is 7.24. The molecule has 3 rings (SSSR count). The van der Waals surface area contributed by atoms with E-state index in [9.17, 15) is 14.5 Å². The SMILES string of the molecule is CC(CN)Oc1cc2ncnc(Nc3ccc(Br)cc3F)c2cc1[N+](=O)[O-]. The Balaban J connectivity index is 2.09. The predicted octanol–water partition coefficient (Wildman–Crippen LogP) is 3.91. The van der Waals surface area contributed by atoms with Crippen molar-refractivity contribution in [3.8, 4) is 5.75 Å². The summed E-state index contributed by atoms with van der Waals surface area (Å²) in [6.45, 7) is 1.91. The summed E-state index contributed by atoms with van der Waals surface area (Å²) in [7, 11) is 0. The number of benzene rings is 2. The van der Waals surface area contributed by atoms with E-state index in [1.165, 1.54) is 30.6 Å². The van der Waals surface area contributed by atoms with Gasteiger partial charge in [0, 0.05) is 23.2 Å². The number of hydrogen-bond acceptors (Lipinski definition) is 7. The van der Waals surface area contributed by atoms with E-state index >= 15 is 0 Å². The molecule has 0 aliphatic heterocycles. The zero-order valence-corrected chi connectivity index (χ0v) is 15.7. The predicted molar refractivity (Wildman–Crippen MR) is 103 cm³/mol. The number of halogens is 2. The molecule has 0 amide bonds. The van der Waals surface area contributed by atoms with Crippen molar-refractivity contribution in [1.29, 1.82) is 0 Å². The highest BCUT2D eigenvalue weighted by Gasteiger charge is 2.21. The van der Waals surface area contributed by atoms with Crippen LogP contribution in [0.5, 0.6) is 5.75 Å². The summed E-state index contributed by atoms with van der Waals surface area (Å²) in [5, 5.41) is 14.7. The van der Waals surface area contributed by atoms with E-state index in [4.69, 9.17) is 10.5 Å². The van der Waals surface area contributed by atoms with Crippen LogP contribution >= 0.6 is 15.9 Å². The molecule has 3 aromatic rings. The fourth-order valence-corrected chi connectivity index (χ4v) is 2.73. The van der Waals surface area contributed by atoms with Gasteiger partial charge in [-0.2, -0.15) is 0 Å². The highest BCUT2D eigenvalue weighted by atomic mass is 79.9. The lowest BCUT2D eigenvalue weighted by Crippen LogP contribution is -2.23. The minimum absolute atomic E-state index is 0.0601. The average molecular weight is 436 g/mol. The van der Waals surface area contributed by atoms with Crippen molar-refractivity contribution in [3.05, 3.63) is 57.1 Å². The van der Waals surface area contributed by atoms with Crippen molar-refractivity contribution in [2.75, 3.05) is 11.9 Å². The molecular formula is C17H15BrFN5O3. The quantitative estimate of drug-likeness (QED) is 0.445. The molecule has 0 saturated carbocycles. The number of nitro groups is 1. The van der Waals surface area contributed by atoms with Gasteiger partial charge < -0.3 is 15.8 Å². The smallest absolute Gasteiger partial charge is 0.311 e. The van der Waals surface area contributed by atoms with Gasteiger partial charge in [0.2, 0.25) is 0 Å². The summed E-state index contributed by atoms with van der Waals surface area (Å²) in [5.41, 5.74) is 5.86. The van der Waals surface area contributed by atoms with Gasteiger partial charge in [-0.15, -0.1) is 0 Å². The van der Waals surface area contributed by atoms with Gasteiger partial charge in [0.25, 0.3) is 0 Å². The second kappa shape index (κ2) is 7.80. The second-order valence-electron chi connectivity index (χ2n) is 5.73. The number of fused-ring (bicyclic) bond motifs is 1. The summed E-state index contributed by atoms with van der Waals surface area (Å²) < 4.78 is 20.2. The lowest BCUT2D eigenvalue weighted by atomic mass is 10.2. The zero-order valence-electron chi connectivity index (χ0n) is 14.1. The monoisotopic (exact) mass is 435 g/mol. The molecular weight excluding hydrogens is 421 g/mol. The minimum Gasteiger partial charge on any atom is -0.482 e. The Morgan fingerprint density at radius 3 is 2.81 bits per heavy atom. The maximum atomic E-state index is 14.1. The molecule has 1 unspecified atom stereocenters. The fraction of sp³-hybridized carbons (Fsp3) is 0.176. The Kier molecular flexibility index (Phi) is 5.47. The Labute approximate surface area is 161 Å². The number of nitrogens with two attached hydrogens (primary N) is 1. The number of nitrogens with one attached hydrogen (secondary N) is 1. The van der Waals surface area contributed by atoms with Gasteiger partial charge in [0.05, 0.1) is 21.5 Å². The molecule has 1 aromatic heterocycles. The number of ether oxygens (including phenoxy) is 1. The van der Waals surface area contributed by atoms with Crippen LogP contribution in [0.2, 0.25) is 0 Å². The third-order valence-corrected chi connectivity index (χ3v) is 4.25. The Morgan fingerprint density at radius 2 is 2.15 bits per heavy atom. The van der Waals surface area contributed by atoms with Crippen molar-refractivity contribution in [3.63, 3.8) is 0 Å². The first-order valence-electron chi connectivity index (χ1n) is 7.91. The van der Waals surface area contributed by atoms with Crippen molar-refractivity contribution in [2.24, 2.45) is 5.73 Å². The summed E-state index contributed by atoms with van der Waals surface area (Å²) >= 11 is 3.19. The lowest BCUT2D eigenvalue weighted by Gasteiger charge is -2.14. The molecule has 27 heavy (non-hydrogen) atoms. The van der Waals surface area contributed by atoms with Crippen molar-refractivity contribution >= 4 is 44.0 Å². The van der Waals surface area contributed by atoms with Crippen LogP contribution in [0.1, 0.15) is 6.92 Å². The van der Waals surface area contributed by atoms with Crippen LogP contribution in [-0.2, 0) is 0 Å². The molecule has 8 nitrogen and oxygen atoms in total. The topological polar surface area (TPSA) is 116 Å². The van der Waals surface area contributed by atoms with Crippen LogP contribution in [0.4, 0.5) is 21.6 Å². The molecule has 1 heterocycles. The van der Waals surface area contributed by atoms with E-state index in [1.54, 1.807) is 13.0 Å². The third-order valence-electron chi connectivity index (χ3n) is 3.76. The van der Waals surface area contributed by atoms with Crippen molar-refractivity contribution in [2.45, 2.75) is 13.0 Å². The van der Waals surface area contributed by atoms with Crippen molar-refractivity contribution < 1.29 is 14.1 Å². The highest BCUT2D eigenvalue weighted by Crippen LogP contribution is 2.35. The standard InChI is InChI=1S/C17H15BrFN5O3/c1-9(7-20)27-16-6-14-11(5-15(16)24(25)26)17(22-8-21-14)23-13-3-2-10(18)4-12(13)19/h2-6,8-9H,7,20H2,1H3,(H,21,22,23). The second-order valence-corrected chi connectivity index (χ2v) is 6.65. The summed E-state index contributed by atoms with van der Waals surface area (Å²) in [5.74, 6) is -0.199. The number of rotatable bonds is 6. The van der Waals surface area contributed by atoms with E-state index in [2.05, 4.69) is 31.2 Å². The third kappa shape index (κ3) is 4.12. The van der Waals surface area contributed by atoms with Gasteiger partial charge in [-0.25, -0.2) is 14.4 Å². The van der Waals surface area contributed by atoms with Crippen LogP contribution in [0.25, 0.3) is 10.9 Å². The normalized spacial score (nSPS) is 12.0. The number of nitrogens with zero attached hydrogens (tertiary/aromatic N) is 3. The van der Waals surface area contributed by atoms with Gasteiger partial charge >= 0.3 is 5.69 Å². The van der Waals surface area contributed by atoms with E-state index in [-0.39, 0.29) is 29.5 Å². The van der Waals surface area contributed by atoms with E-state index in [1.807, 2.05) is 0 Å². The van der Waals surface area contributed by atoms with Gasteiger partial charge in [-0.3, -0.25) is 10.1 Å². The number of nitro benzene ring substituents is 1. The van der Waals surface area contributed by atoms with E-state index in [0.717, 1.165) is 0 Å². The van der Waals surface area contributed by atoms with Gasteiger partial charge in [0.15, 0.2) is 5.75 Å². The Hall–Kier alpha value is -2.85. The van der Waals surface area contributed by atoms with Crippen LogP contribution in [0, 0.1) is 15.9 Å². The first kappa shape index (κ1) is 18.9. The minimum atomic E-state index is -0.561. The highest BCUT2D eigenvalue weighted by molar-refractivity contribution is 9.10. The van der Waals surface area contributed by atoms with Crippen LogP contribution < -0.4 is 15.8 Å². The van der Waals surface area contributed by atoms with E-state index < -0.39 is 16.8 Å². The first-order chi connectivity index (χ1) is 12.9. The van der Waals surface area contributed by atoms with Crippen LogP contribution in [0.15, 0.2) is 41.1 Å². The Morgan fingerprint density at radius 1 is 1.37 bits per heavy atom.